The van der Waals surface area contributed by atoms with E-state index in [1.165, 1.54) is 23.0 Å². The number of piperidine rings is 1. The number of fused-ring (bicyclic) bond motifs is 2. The van der Waals surface area contributed by atoms with Gasteiger partial charge in [-0.2, -0.15) is 0 Å². The Balaban J connectivity index is 1.80. The Morgan fingerprint density at radius 3 is 2.64 bits per heavy atom. The number of sulfonamides is 1. The Bertz CT molecular complexity index is 1020. The van der Waals surface area contributed by atoms with Crippen molar-refractivity contribution in [2.75, 3.05) is 19.3 Å². The highest BCUT2D eigenvalue weighted by atomic mass is 35.5. The molecule has 1 aliphatic heterocycles. The van der Waals surface area contributed by atoms with Gasteiger partial charge in [0.05, 0.1) is 11.9 Å². The topological polar surface area (TPSA) is 50.3 Å². The van der Waals surface area contributed by atoms with Crippen LogP contribution < -0.4 is 0 Å². The predicted octanol–water partition coefficient (Wildman–Crippen LogP) is 4.80. The molecule has 2 heterocycles. The first-order chi connectivity index (χ1) is 13.4. The van der Waals surface area contributed by atoms with Crippen LogP contribution in [0.25, 0.3) is 11.6 Å². The van der Waals surface area contributed by atoms with Crippen molar-refractivity contribution in [1.29, 1.82) is 0 Å². The van der Waals surface area contributed by atoms with Gasteiger partial charge in [-0.05, 0) is 65.6 Å². The van der Waals surface area contributed by atoms with Crippen LogP contribution in [0, 0.1) is 5.92 Å². The highest BCUT2D eigenvalue weighted by Crippen LogP contribution is 2.45. The lowest BCUT2D eigenvalue weighted by atomic mass is 9.76. The van der Waals surface area contributed by atoms with Crippen molar-refractivity contribution in [2.24, 2.45) is 5.92 Å². The molecule has 1 fully saturated rings. The Labute approximate surface area is 172 Å². The normalized spacial score (nSPS) is 20.8. The molecule has 1 aromatic heterocycles. The van der Waals surface area contributed by atoms with Gasteiger partial charge in [0.25, 0.3) is 0 Å². The maximum absolute atomic E-state index is 11.9. The fourth-order valence-corrected chi connectivity index (χ4v) is 5.67. The van der Waals surface area contributed by atoms with E-state index in [1.807, 2.05) is 24.4 Å². The third-order valence-corrected chi connectivity index (χ3v) is 7.55. The van der Waals surface area contributed by atoms with Gasteiger partial charge in [-0.1, -0.05) is 36.7 Å². The molecule has 28 heavy (non-hydrogen) atoms. The molecule has 0 amide bonds. The summed E-state index contributed by atoms with van der Waals surface area (Å²) in [5, 5.41) is 0.731. The summed E-state index contributed by atoms with van der Waals surface area (Å²) in [6.07, 6.45) is 7.99. The van der Waals surface area contributed by atoms with Crippen molar-refractivity contribution in [3.8, 4) is 0 Å². The summed E-state index contributed by atoms with van der Waals surface area (Å²) >= 11 is 6.32. The molecule has 0 bridgehead atoms. The molecular weight excluding hydrogens is 392 g/mol. The zero-order valence-electron chi connectivity index (χ0n) is 16.2. The molecule has 1 unspecified atom stereocenters. The third-order valence-electron chi connectivity index (χ3n) is 6.01. The summed E-state index contributed by atoms with van der Waals surface area (Å²) < 4.78 is 25.5. The second kappa shape index (κ2) is 7.62. The second-order valence-electron chi connectivity index (χ2n) is 7.71. The van der Waals surface area contributed by atoms with E-state index in [2.05, 4.69) is 25.1 Å². The summed E-state index contributed by atoms with van der Waals surface area (Å²) in [6.45, 7) is 3.30. The highest BCUT2D eigenvalue weighted by molar-refractivity contribution is 7.88. The van der Waals surface area contributed by atoms with E-state index in [4.69, 9.17) is 16.6 Å². The van der Waals surface area contributed by atoms with Gasteiger partial charge in [0, 0.05) is 30.2 Å². The van der Waals surface area contributed by atoms with Crippen molar-refractivity contribution in [1.82, 2.24) is 9.29 Å². The van der Waals surface area contributed by atoms with Crippen LogP contribution in [0.4, 0.5) is 0 Å². The first kappa shape index (κ1) is 19.6. The molecular formula is C22H25ClN2O2S. The molecule has 4 rings (SSSR count). The number of benzene rings is 1. The van der Waals surface area contributed by atoms with Gasteiger partial charge in [0.1, 0.15) is 0 Å². The number of hydrogen-bond acceptors (Lipinski definition) is 3. The molecule has 1 atom stereocenters. The number of aromatic nitrogens is 1. The minimum Gasteiger partial charge on any atom is -0.260 e. The fourth-order valence-electron chi connectivity index (χ4n) is 4.61. The van der Waals surface area contributed by atoms with Crippen LogP contribution in [0.5, 0.6) is 0 Å². The Hall–Kier alpha value is -1.69. The molecule has 0 saturated carbocycles. The van der Waals surface area contributed by atoms with E-state index in [0.29, 0.717) is 19.0 Å². The number of nitrogens with zero attached hydrogens (tertiary/aromatic N) is 2. The van der Waals surface area contributed by atoms with Crippen LogP contribution in [-0.2, 0) is 10.0 Å². The second-order valence-corrected chi connectivity index (χ2v) is 10.1. The fraction of sp³-hybridized carbons (Fsp3) is 0.409. The zero-order chi connectivity index (χ0) is 19.9. The Morgan fingerprint density at radius 1 is 1.21 bits per heavy atom. The van der Waals surface area contributed by atoms with Gasteiger partial charge in [0.2, 0.25) is 10.0 Å². The molecule has 148 valence electrons. The molecule has 1 saturated heterocycles. The predicted molar refractivity (Wildman–Crippen MR) is 115 cm³/mol. The quantitative estimate of drug-likeness (QED) is 0.721. The summed E-state index contributed by atoms with van der Waals surface area (Å²) in [4.78, 5) is 4.82. The molecule has 0 N–H and O–H groups in total. The average molecular weight is 417 g/mol. The molecule has 4 nitrogen and oxygen atoms in total. The minimum absolute atomic E-state index is 0.144. The van der Waals surface area contributed by atoms with Crippen molar-refractivity contribution < 1.29 is 8.42 Å². The van der Waals surface area contributed by atoms with Crippen LogP contribution in [0.3, 0.4) is 0 Å². The Kier molecular flexibility index (Phi) is 5.34. The van der Waals surface area contributed by atoms with Crippen molar-refractivity contribution in [3.63, 3.8) is 0 Å². The van der Waals surface area contributed by atoms with E-state index in [-0.39, 0.29) is 5.92 Å². The monoisotopic (exact) mass is 416 g/mol. The van der Waals surface area contributed by atoms with Gasteiger partial charge < -0.3 is 0 Å². The summed E-state index contributed by atoms with van der Waals surface area (Å²) in [5.74, 6) is 0.488. The summed E-state index contributed by atoms with van der Waals surface area (Å²) in [5.41, 5.74) is 5.97. The van der Waals surface area contributed by atoms with Gasteiger partial charge in [-0.15, -0.1) is 0 Å². The zero-order valence-corrected chi connectivity index (χ0v) is 17.8. The number of rotatable bonds is 3. The number of allylic oxidation sites excluding steroid dienone is 1. The van der Waals surface area contributed by atoms with Crippen LogP contribution in [0.1, 0.15) is 54.5 Å². The van der Waals surface area contributed by atoms with E-state index in [1.54, 1.807) is 4.31 Å². The third kappa shape index (κ3) is 3.63. The number of halogens is 1. The highest BCUT2D eigenvalue weighted by Gasteiger charge is 2.35. The van der Waals surface area contributed by atoms with Crippen LogP contribution in [0.15, 0.2) is 36.5 Å². The molecule has 6 heteroatoms. The number of hydrogen-bond donors (Lipinski definition) is 0. The summed E-state index contributed by atoms with van der Waals surface area (Å²) in [6, 6.07) is 10.3. The van der Waals surface area contributed by atoms with Crippen LogP contribution >= 0.6 is 11.6 Å². The lowest BCUT2D eigenvalue weighted by Gasteiger charge is -2.35. The average Bonchev–Trinajstić information content (AvgIpc) is 2.81. The standard InChI is InChI=1S/C22H25ClN2O2S/c1-3-15-13-17-14-18(23)6-7-19(17)21(22-20(15)5-4-10-24-22)16-8-11-25(12-9-16)28(2,26)27/h4-7,10,13-14,16,21H,3,8-9,11-12H2,1-2H3. The first-order valence-electron chi connectivity index (χ1n) is 9.79. The smallest absolute Gasteiger partial charge is 0.211 e. The summed E-state index contributed by atoms with van der Waals surface area (Å²) in [7, 11) is -3.14. The van der Waals surface area contributed by atoms with Crippen molar-refractivity contribution in [2.45, 2.75) is 32.1 Å². The molecule has 2 aliphatic rings. The van der Waals surface area contributed by atoms with Crippen LogP contribution in [-0.4, -0.2) is 37.1 Å². The largest absolute Gasteiger partial charge is 0.260 e. The van der Waals surface area contributed by atoms with Gasteiger partial charge >= 0.3 is 0 Å². The molecule has 0 spiro atoms. The van der Waals surface area contributed by atoms with E-state index in [9.17, 15) is 8.42 Å². The Morgan fingerprint density at radius 2 is 1.96 bits per heavy atom. The van der Waals surface area contributed by atoms with E-state index < -0.39 is 10.0 Å². The molecule has 0 radical (unpaired) electrons. The molecule has 1 aromatic carbocycles. The lowest BCUT2D eigenvalue weighted by Crippen LogP contribution is -2.39. The first-order valence-corrected chi connectivity index (χ1v) is 12.0. The van der Waals surface area contributed by atoms with Crippen molar-refractivity contribution in [3.05, 3.63) is 63.9 Å². The van der Waals surface area contributed by atoms with Gasteiger partial charge in [0.15, 0.2) is 0 Å². The minimum atomic E-state index is -3.14. The maximum atomic E-state index is 11.9. The SMILES string of the molecule is CCC1=Cc2cc(Cl)ccc2C(C2CCN(S(C)(=O)=O)CC2)c2ncccc21. The lowest BCUT2D eigenvalue weighted by molar-refractivity contribution is 0.256. The van der Waals surface area contributed by atoms with Crippen LogP contribution in [0.2, 0.25) is 5.02 Å². The van der Waals surface area contributed by atoms with Crippen molar-refractivity contribution >= 4 is 33.3 Å². The maximum Gasteiger partial charge on any atom is 0.211 e. The van der Waals surface area contributed by atoms with E-state index >= 15 is 0 Å². The molecule has 1 aliphatic carbocycles. The van der Waals surface area contributed by atoms with Gasteiger partial charge in [-0.3, -0.25) is 4.98 Å². The molecule has 2 aromatic rings. The van der Waals surface area contributed by atoms with Gasteiger partial charge in [-0.25, -0.2) is 12.7 Å². The number of pyridine rings is 1. The van der Waals surface area contributed by atoms with E-state index in [0.717, 1.165) is 35.5 Å².